The first kappa shape index (κ1) is 13.3. The molecule has 17 heavy (non-hydrogen) atoms. The minimum Gasteiger partial charge on any atom is -0.434 e. The van der Waals surface area contributed by atoms with Gasteiger partial charge in [0, 0.05) is 5.56 Å². The maximum atomic E-state index is 13.2. The van der Waals surface area contributed by atoms with E-state index < -0.39 is 40.7 Å². The molecule has 0 atom stereocenters. The van der Waals surface area contributed by atoms with Gasteiger partial charge in [-0.3, -0.25) is 0 Å². The van der Waals surface area contributed by atoms with Crippen LogP contribution in [0, 0.1) is 30.2 Å². The number of carbonyl (C=O) groups excluding carboxylic acids is 1. The third kappa shape index (κ3) is 2.48. The second-order valence-corrected chi connectivity index (χ2v) is 3.00. The summed E-state index contributed by atoms with van der Waals surface area (Å²) in [5.41, 5.74) is -0.658. The van der Waals surface area contributed by atoms with Crippen molar-refractivity contribution in [1.82, 2.24) is 0 Å². The number of hydrogen-bond acceptors (Lipinski definition) is 3. The van der Waals surface area contributed by atoms with Gasteiger partial charge in [-0.05, 0) is 13.8 Å². The van der Waals surface area contributed by atoms with E-state index in [1.165, 1.54) is 6.92 Å². The van der Waals surface area contributed by atoms with Gasteiger partial charge < -0.3 is 9.47 Å². The van der Waals surface area contributed by atoms with E-state index in [0.29, 0.717) is 0 Å². The molecule has 94 valence electrons. The molecule has 1 aromatic carbocycles. The lowest BCUT2D eigenvalue weighted by Gasteiger charge is -2.10. The van der Waals surface area contributed by atoms with Crippen LogP contribution >= 0.6 is 0 Å². The van der Waals surface area contributed by atoms with Crippen molar-refractivity contribution in [1.29, 1.82) is 0 Å². The van der Waals surface area contributed by atoms with Crippen LogP contribution < -0.4 is 4.74 Å². The van der Waals surface area contributed by atoms with Gasteiger partial charge >= 0.3 is 6.16 Å². The van der Waals surface area contributed by atoms with Crippen LogP contribution in [0.5, 0.6) is 5.75 Å². The summed E-state index contributed by atoms with van der Waals surface area (Å²) < 4.78 is 60.4. The number of hydrogen-bond donors (Lipinski definition) is 0. The van der Waals surface area contributed by atoms with Gasteiger partial charge in [0.15, 0.2) is 17.4 Å². The maximum Gasteiger partial charge on any atom is 0.513 e. The topological polar surface area (TPSA) is 35.5 Å². The Balaban J connectivity index is 3.20. The van der Waals surface area contributed by atoms with Crippen molar-refractivity contribution in [3.05, 3.63) is 28.8 Å². The summed E-state index contributed by atoms with van der Waals surface area (Å²) in [5, 5.41) is 0. The first-order chi connectivity index (χ1) is 7.90. The summed E-state index contributed by atoms with van der Waals surface area (Å²) in [7, 11) is 0. The molecule has 1 rings (SSSR count). The van der Waals surface area contributed by atoms with Crippen LogP contribution in [0.2, 0.25) is 0 Å². The smallest absolute Gasteiger partial charge is 0.434 e. The fourth-order valence-electron chi connectivity index (χ4n) is 1.07. The molecular weight excluding hydrogens is 244 g/mol. The molecule has 0 aliphatic carbocycles. The summed E-state index contributed by atoms with van der Waals surface area (Å²) in [5.74, 6) is -8.44. The first-order valence-electron chi connectivity index (χ1n) is 4.57. The van der Waals surface area contributed by atoms with Crippen molar-refractivity contribution in [2.24, 2.45) is 0 Å². The van der Waals surface area contributed by atoms with Crippen LogP contribution in [0.15, 0.2) is 0 Å². The van der Waals surface area contributed by atoms with E-state index in [4.69, 9.17) is 0 Å². The summed E-state index contributed by atoms with van der Waals surface area (Å²) in [6, 6.07) is 0. The molecule has 1 aromatic rings. The fraction of sp³-hybridized carbons (Fsp3) is 0.300. The van der Waals surface area contributed by atoms with E-state index in [1.807, 2.05) is 0 Å². The van der Waals surface area contributed by atoms with E-state index in [2.05, 4.69) is 9.47 Å². The second-order valence-electron chi connectivity index (χ2n) is 3.00. The zero-order valence-electron chi connectivity index (χ0n) is 8.94. The van der Waals surface area contributed by atoms with Crippen molar-refractivity contribution in [3.63, 3.8) is 0 Å². The van der Waals surface area contributed by atoms with E-state index in [1.54, 1.807) is 0 Å². The maximum absolute atomic E-state index is 13.2. The van der Waals surface area contributed by atoms with Gasteiger partial charge in [-0.2, -0.15) is 4.39 Å². The molecule has 0 amide bonds. The van der Waals surface area contributed by atoms with Crippen LogP contribution in [-0.2, 0) is 4.74 Å². The zero-order valence-corrected chi connectivity index (χ0v) is 8.94. The highest BCUT2D eigenvalue weighted by Crippen LogP contribution is 2.29. The van der Waals surface area contributed by atoms with Gasteiger partial charge in [-0.15, -0.1) is 0 Å². The molecule has 7 heteroatoms. The molecule has 0 heterocycles. The molecule has 0 spiro atoms. The molecule has 0 aliphatic rings. The standard InChI is InChI=1S/C10H8F4O3/c1-3-16-10(15)17-9-4(2)5(11)6(12)7(13)8(9)14/h3H2,1-2H3. The number of halogens is 4. The van der Waals surface area contributed by atoms with E-state index >= 15 is 0 Å². The SMILES string of the molecule is CCOC(=O)Oc1c(C)c(F)c(F)c(F)c1F. The van der Waals surface area contributed by atoms with Crippen molar-refractivity contribution in [3.8, 4) is 5.75 Å². The Morgan fingerprint density at radius 1 is 1.06 bits per heavy atom. The lowest BCUT2D eigenvalue weighted by Crippen LogP contribution is -2.14. The molecule has 3 nitrogen and oxygen atoms in total. The first-order valence-corrected chi connectivity index (χ1v) is 4.57. The molecule has 0 aliphatic heterocycles. The van der Waals surface area contributed by atoms with Gasteiger partial charge in [0.2, 0.25) is 11.6 Å². The van der Waals surface area contributed by atoms with E-state index in [9.17, 15) is 22.4 Å². The van der Waals surface area contributed by atoms with E-state index in [0.717, 1.165) is 6.92 Å². The van der Waals surface area contributed by atoms with Crippen LogP contribution in [0.25, 0.3) is 0 Å². The lowest BCUT2D eigenvalue weighted by atomic mass is 10.2. The molecule has 0 radical (unpaired) electrons. The minimum absolute atomic E-state index is 0.0638. The fourth-order valence-corrected chi connectivity index (χ4v) is 1.07. The quantitative estimate of drug-likeness (QED) is 0.267. The molecule has 0 fully saturated rings. The van der Waals surface area contributed by atoms with Gasteiger partial charge in [-0.25, -0.2) is 18.0 Å². The predicted octanol–water partition coefficient (Wildman–Crippen LogP) is 3.09. The Bertz CT molecular complexity index is 430. The Labute approximate surface area is 93.9 Å². The zero-order chi connectivity index (χ0) is 13.2. The third-order valence-electron chi connectivity index (χ3n) is 1.89. The second kappa shape index (κ2) is 5.03. The Morgan fingerprint density at radius 3 is 2.12 bits per heavy atom. The highest BCUT2D eigenvalue weighted by atomic mass is 19.2. The molecule has 0 bridgehead atoms. The monoisotopic (exact) mass is 252 g/mol. The van der Waals surface area contributed by atoms with Crippen molar-refractivity contribution < 1.29 is 31.8 Å². The summed E-state index contributed by atoms with van der Waals surface area (Å²) in [6.07, 6.45) is -1.33. The van der Waals surface area contributed by atoms with Crippen molar-refractivity contribution in [2.75, 3.05) is 6.61 Å². The van der Waals surface area contributed by atoms with Crippen molar-refractivity contribution >= 4 is 6.16 Å². The van der Waals surface area contributed by atoms with Gasteiger partial charge in [-0.1, -0.05) is 0 Å². The van der Waals surface area contributed by atoms with Crippen LogP contribution in [0.3, 0.4) is 0 Å². The molecule has 0 saturated heterocycles. The average Bonchev–Trinajstić information content (AvgIpc) is 2.30. The summed E-state index contributed by atoms with van der Waals surface area (Å²) in [6.45, 7) is 2.33. The van der Waals surface area contributed by atoms with Gasteiger partial charge in [0.05, 0.1) is 6.61 Å². The molecule has 0 saturated carbocycles. The summed E-state index contributed by atoms with van der Waals surface area (Å²) >= 11 is 0. The predicted molar refractivity (Wildman–Crippen MR) is 48.7 cm³/mol. The molecule has 0 unspecified atom stereocenters. The number of ether oxygens (including phenoxy) is 2. The van der Waals surface area contributed by atoms with Crippen molar-refractivity contribution in [2.45, 2.75) is 13.8 Å². The third-order valence-corrected chi connectivity index (χ3v) is 1.89. The number of carbonyl (C=O) groups is 1. The minimum atomic E-state index is -2.05. The Morgan fingerprint density at radius 2 is 1.59 bits per heavy atom. The Kier molecular flexibility index (Phi) is 3.93. The normalized spacial score (nSPS) is 10.2. The Hall–Kier alpha value is -1.79. The highest BCUT2D eigenvalue weighted by Gasteiger charge is 2.26. The number of benzene rings is 1. The van der Waals surface area contributed by atoms with Crippen LogP contribution in [0.1, 0.15) is 12.5 Å². The highest BCUT2D eigenvalue weighted by molar-refractivity contribution is 5.64. The largest absolute Gasteiger partial charge is 0.513 e. The molecule has 0 N–H and O–H groups in total. The molecule has 0 aromatic heterocycles. The number of rotatable bonds is 2. The van der Waals surface area contributed by atoms with Crippen LogP contribution in [-0.4, -0.2) is 12.8 Å². The van der Waals surface area contributed by atoms with E-state index in [-0.39, 0.29) is 6.61 Å². The van der Waals surface area contributed by atoms with Gasteiger partial charge in [0.1, 0.15) is 0 Å². The molecular formula is C10H8F4O3. The lowest BCUT2D eigenvalue weighted by molar-refractivity contribution is 0.102. The summed E-state index contributed by atoms with van der Waals surface area (Å²) in [4.78, 5) is 10.9. The van der Waals surface area contributed by atoms with Crippen LogP contribution in [0.4, 0.5) is 22.4 Å². The van der Waals surface area contributed by atoms with Gasteiger partial charge in [0.25, 0.3) is 0 Å². The average molecular weight is 252 g/mol.